The Bertz CT molecular complexity index is 780. The minimum Gasteiger partial charge on any atom is -0.374 e. The van der Waals surface area contributed by atoms with Gasteiger partial charge in [-0.25, -0.2) is 4.79 Å². The van der Waals surface area contributed by atoms with E-state index < -0.39 is 0 Å². The van der Waals surface area contributed by atoms with Crippen molar-refractivity contribution in [2.45, 2.75) is 26.5 Å². The summed E-state index contributed by atoms with van der Waals surface area (Å²) in [5.41, 5.74) is 3.14. The third-order valence-electron chi connectivity index (χ3n) is 5.17. The largest absolute Gasteiger partial charge is 0.374 e. The Kier molecular flexibility index (Phi) is 8.11. The predicted octanol–water partition coefficient (Wildman–Crippen LogP) is 3.80. The summed E-state index contributed by atoms with van der Waals surface area (Å²) >= 11 is 0. The molecule has 0 saturated carbocycles. The maximum absolute atomic E-state index is 12.3. The zero-order chi connectivity index (χ0) is 21.3. The van der Waals surface area contributed by atoms with Gasteiger partial charge in [-0.15, -0.1) is 0 Å². The first-order chi connectivity index (χ1) is 14.5. The first-order valence-corrected chi connectivity index (χ1v) is 10.7. The van der Waals surface area contributed by atoms with Crippen molar-refractivity contribution in [3.05, 3.63) is 60.2 Å². The standard InChI is InChI=1S/C24H34N4O2/c1-19(2)16-28-13-14-30-23(18-28)15-25-24(29)26-21-9-11-22(12-10-21)27(3)17-20-7-5-4-6-8-20/h4-12,19,23H,13-18H2,1-3H3,(H2,25,26,29). The van der Waals surface area contributed by atoms with Gasteiger partial charge in [-0.05, 0) is 35.7 Å². The number of amides is 2. The predicted molar refractivity (Wildman–Crippen MR) is 123 cm³/mol. The summed E-state index contributed by atoms with van der Waals surface area (Å²) in [4.78, 5) is 16.9. The van der Waals surface area contributed by atoms with Crippen LogP contribution in [-0.2, 0) is 11.3 Å². The van der Waals surface area contributed by atoms with Gasteiger partial charge in [-0.1, -0.05) is 44.2 Å². The lowest BCUT2D eigenvalue weighted by atomic mass is 10.2. The highest BCUT2D eigenvalue weighted by molar-refractivity contribution is 5.89. The van der Waals surface area contributed by atoms with Crippen molar-refractivity contribution in [1.82, 2.24) is 10.2 Å². The van der Waals surface area contributed by atoms with E-state index in [0.29, 0.717) is 12.5 Å². The Morgan fingerprint density at radius 1 is 1.17 bits per heavy atom. The van der Waals surface area contributed by atoms with Crippen LogP contribution in [0.1, 0.15) is 19.4 Å². The van der Waals surface area contributed by atoms with Crippen LogP contribution in [0.4, 0.5) is 16.2 Å². The van der Waals surface area contributed by atoms with Gasteiger partial charge in [0, 0.05) is 51.1 Å². The lowest BCUT2D eigenvalue weighted by Crippen LogP contribution is -2.48. The van der Waals surface area contributed by atoms with Crippen molar-refractivity contribution in [3.63, 3.8) is 0 Å². The van der Waals surface area contributed by atoms with E-state index in [1.54, 1.807) is 0 Å². The Hall–Kier alpha value is -2.57. The van der Waals surface area contributed by atoms with Gasteiger partial charge in [-0.2, -0.15) is 0 Å². The minimum absolute atomic E-state index is 0.0391. The number of benzene rings is 2. The molecule has 162 valence electrons. The van der Waals surface area contributed by atoms with Crippen molar-refractivity contribution >= 4 is 17.4 Å². The number of ether oxygens (including phenoxy) is 1. The second-order valence-electron chi connectivity index (χ2n) is 8.37. The Morgan fingerprint density at radius 3 is 2.60 bits per heavy atom. The first kappa shape index (κ1) is 22.1. The van der Waals surface area contributed by atoms with Crippen molar-refractivity contribution in [2.24, 2.45) is 5.92 Å². The minimum atomic E-state index is -0.204. The third kappa shape index (κ3) is 7.04. The first-order valence-electron chi connectivity index (χ1n) is 10.7. The van der Waals surface area contributed by atoms with Crippen LogP contribution in [0.25, 0.3) is 0 Å². The topological polar surface area (TPSA) is 56.8 Å². The van der Waals surface area contributed by atoms with Gasteiger partial charge < -0.3 is 20.3 Å². The molecule has 2 N–H and O–H groups in total. The normalized spacial score (nSPS) is 17.0. The van der Waals surface area contributed by atoms with E-state index in [1.165, 1.54) is 5.56 Å². The maximum Gasteiger partial charge on any atom is 0.319 e. The van der Waals surface area contributed by atoms with Gasteiger partial charge in [0.25, 0.3) is 0 Å². The Balaban J connectivity index is 1.43. The molecule has 0 radical (unpaired) electrons. The zero-order valence-corrected chi connectivity index (χ0v) is 18.3. The molecule has 1 atom stereocenters. The van der Waals surface area contributed by atoms with Crippen LogP contribution in [-0.4, -0.2) is 56.9 Å². The van der Waals surface area contributed by atoms with Crippen molar-refractivity contribution < 1.29 is 9.53 Å². The van der Waals surface area contributed by atoms with Crippen molar-refractivity contribution in [2.75, 3.05) is 50.1 Å². The number of nitrogens with zero attached hydrogens (tertiary/aromatic N) is 2. The van der Waals surface area contributed by atoms with E-state index in [9.17, 15) is 4.79 Å². The SMILES string of the molecule is CC(C)CN1CCOC(CNC(=O)Nc2ccc(N(C)Cc3ccccc3)cc2)C1. The number of morpholine rings is 1. The molecule has 0 aliphatic carbocycles. The fourth-order valence-corrected chi connectivity index (χ4v) is 3.72. The van der Waals surface area contributed by atoms with Crippen LogP contribution in [0.3, 0.4) is 0 Å². The molecular formula is C24H34N4O2. The molecule has 1 fully saturated rings. The lowest BCUT2D eigenvalue weighted by molar-refractivity contribution is -0.0288. The van der Waals surface area contributed by atoms with E-state index in [0.717, 1.165) is 44.2 Å². The Morgan fingerprint density at radius 2 is 1.90 bits per heavy atom. The molecule has 6 heteroatoms. The number of anilines is 2. The number of nitrogens with one attached hydrogen (secondary N) is 2. The summed E-state index contributed by atoms with van der Waals surface area (Å²) in [6, 6.07) is 18.1. The molecule has 1 aliphatic heterocycles. The summed E-state index contributed by atoms with van der Waals surface area (Å²) in [6.45, 7) is 9.41. The van der Waals surface area contributed by atoms with E-state index in [-0.39, 0.29) is 12.1 Å². The van der Waals surface area contributed by atoms with E-state index in [4.69, 9.17) is 4.74 Å². The van der Waals surface area contributed by atoms with Crippen LogP contribution in [0, 0.1) is 5.92 Å². The molecule has 2 amide bonds. The average molecular weight is 411 g/mol. The summed E-state index contributed by atoms with van der Waals surface area (Å²) < 4.78 is 5.79. The van der Waals surface area contributed by atoms with Gasteiger partial charge in [-0.3, -0.25) is 4.90 Å². The molecule has 1 saturated heterocycles. The van der Waals surface area contributed by atoms with Crippen LogP contribution in [0.5, 0.6) is 0 Å². The second kappa shape index (κ2) is 11.0. The summed E-state index contributed by atoms with van der Waals surface area (Å²) in [5.74, 6) is 0.634. The third-order valence-corrected chi connectivity index (χ3v) is 5.17. The maximum atomic E-state index is 12.3. The number of carbonyl (C=O) groups is 1. The van der Waals surface area contributed by atoms with Crippen LogP contribution in [0.15, 0.2) is 54.6 Å². The highest BCUT2D eigenvalue weighted by Gasteiger charge is 2.21. The number of urea groups is 1. The molecule has 1 unspecified atom stereocenters. The molecule has 0 aromatic heterocycles. The smallest absolute Gasteiger partial charge is 0.319 e. The average Bonchev–Trinajstić information content (AvgIpc) is 2.73. The fourth-order valence-electron chi connectivity index (χ4n) is 3.72. The van der Waals surface area contributed by atoms with E-state index in [1.807, 2.05) is 30.3 Å². The molecule has 2 aromatic carbocycles. The quantitative estimate of drug-likeness (QED) is 0.695. The van der Waals surface area contributed by atoms with Crippen LogP contribution < -0.4 is 15.5 Å². The van der Waals surface area contributed by atoms with Crippen LogP contribution >= 0.6 is 0 Å². The zero-order valence-electron chi connectivity index (χ0n) is 18.3. The summed E-state index contributed by atoms with van der Waals surface area (Å²) in [7, 11) is 2.06. The number of carbonyl (C=O) groups excluding carboxylic acids is 1. The molecule has 1 heterocycles. The molecule has 1 aliphatic rings. The van der Waals surface area contributed by atoms with Crippen molar-refractivity contribution in [1.29, 1.82) is 0 Å². The molecular weight excluding hydrogens is 376 g/mol. The van der Waals surface area contributed by atoms with E-state index >= 15 is 0 Å². The molecule has 3 rings (SSSR count). The molecule has 30 heavy (non-hydrogen) atoms. The fraction of sp³-hybridized carbons (Fsp3) is 0.458. The van der Waals surface area contributed by atoms with Gasteiger partial charge >= 0.3 is 6.03 Å². The highest BCUT2D eigenvalue weighted by Crippen LogP contribution is 2.18. The van der Waals surface area contributed by atoms with Gasteiger partial charge in [0.15, 0.2) is 0 Å². The number of rotatable bonds is 8. The van der Waals surface area contributed by atoms with Gasteiger partial charge in [0.2, 0.25) is 0 Å². The molecule has 6 nitrogen and oxygen atoms in total. The van der Waals surface area contributed by atoms with Gasteiger partial charge in [0.05, 0.1) is 12.7 Å². The summed E-state index contributed by atoms with van der Waals surface area (Å²) in [5, 5.41) is 5.84. The van der Waals surface area contributed by atoms with Gasteiger partial charge in [0.1, 0.15) is 0 Å². The molecule has 2 aromatic rings. The monoisotopic (exact) mass is 410 g/mol. The van der Waals surface area contributed by atoms with Crippen molar-refractivity contribution in [3.8, 4) is 0 Å². The highest BCUT2D eigenvalue weighted by atomic mass is 16.5. The van der Waals surface area contributed by atoms with Crippen LogP contribution in [0.2, 0.25) is 0 Å². The molecule has 0 spiro atoms. The molecule has 0 bridgehead atoms. The number of hydrogen-bond acceptors (Lipinski definition) is 4. The second-order valence-corrected chi connectivity index (χ2v) is 8.37. The lowest BCUT2D eigenvalue weighted by Gasteiger charge is -2.33. The Labute approximate surface area is 180 Å². The summed E-state index contributed by atoms with van der Waals surface area (Å²) in [6.07, 6.45) is 0.0391. The number of hydrogen-bond donors (Lipinski definition) is 2. The van der Waals surface area contributed by atoms with E-state index in [2.05, 4.69) is 65.6 Å².